The van der Waals surface area contributed by atoms with E-state index < -0.39 is 18.4 Å². The van der Waals surface area contributed by atoms with Crippen molar-refractivity contribution in [2.24, 2.45) is 5.92 Å². The molecule has 0 bridgehead atoms. The van der Waals surface area contributed by atoms with Gasteiger partial charge in [0.2, 0.25) is 11.8 Å². The van der Waals surface area contributed by atoms with Gasteiger partial charge >= 0.3 is 0 Å². The van der Waals surface area contributed by atoms with Crippen LogP contribution in [0.1, 0.15) is 20.1 Å². The van der Waals surface area contributed by atoms with Gasteiger partial charge in [0.05, 0.1) is 25.6 Å². The van der Waals surface area contributed by atoms with Gasteiger partial charge in [0.15, 0.2) is 11.2 Å². The molecule has 3 rings (SSSR count). The monoisotopic (exact) mass is 309 g/mol. The average Bonchev–Trinajstić information content (AvgIpc) is 3.02. The molecular weight excluding hydrogens is 290 g/mol. The summed E-state index contributed by atoms with van der Waals surface area (Å²) in [5.74, 6) is 0.151. The lowest BCUT2D eigenvalue weighted by atomic mass is 10.0. The highest BCUT2D eigenvalue weighted by atomic mass is 16.5. The first-order valence-corrected chi connectivity index (χ1v) is 7.14. The number of nitrogens with zero attached hydrogens (tertiary/aromatic N) is 4. The Morgan fingerprint density at radius 3 is 2.86 bits per heavy atom. The first-order chi connectivity index (χ1) is 10.6. The molecule has 3 heterocycles. The number of nitrogen functional groups attached to an aromatic ring is 1. The zero-order chi connectivity index (χ0) is 15.9. The molecule has 9 nitrogen and oxygen atoms in total. The summed E-state index contributed by atoms with van der Waals surface area (Å²) in [6.45, 7) is 3.85. The maximum Gasteiger partial charge on any atom is 0.247 e. The zero-order valence-electron chi connectivity index (χ0n) is 12.4. The molecule has 1 fully saturated rings. The molecule has 0 aromatic carbocycles. The lowest BCUT2D eigenvalue weighted by Gasteiger charge is -2.17. The van der Waals surface area contributed by atoms with Gasteiger partial charge in [-0.3, -0.25) is 4.57 Å². The fourth-order valence-corrected chi connectivity index (χ4v) is 2.69. The van der Waals surface area contributed by atoms with Crippen molar-refractivity contribution >= 4 is 17.1 Å². The molecule has 0 aliphatic carbocycles. The van der Waals surface area contributed by atoms with Crippen LogP contribution in [-0.2, 0) is 4.74 Å². The second-order valence-electron chi connectivity index (χ2n) is 5.24. The van der Waals surface area contributed by atoms with E-state index in [0.29, 0.717) is 23.7 Å². The third kappa shape index (κ3) is 2.27. The van der Waals surface area contributed by atoms with Gasteiger partial charge in [-0.1, -0.05) is 6.92 Å². The van der Waals surface area contributed by atoms with Crippen molar-refractivity contribution in [3.8, 4) is 5.88 Å². The number of rotatable bonds is 4. The van der Waals surface area contributed by atoms with Crippen molar-refractivity contribution in [3.63, 3.8) is 0 Å². The SMILES string of the molecule is CCOc1nc(N)nc2c1ncn2[C@@H]1O[C@H](CO)C(O)C1C. The molecule has 0 radical (unpaired) electrons. The molecule has 0 spiro atoms. The molecule has 2 aromatic heterocycles. The standard InChI is InChI=1S/C13H19N5O4/c1-3-21-11-8-10(16-13(14)17-11)18(5-15-8)12-6(2)9(20)7(4-19)22-12/h5-7,9,12,19-20H,3-4H2,1-2H3,(H2,14,16,17)/t6?,7-,9?,12-/m1/s1. The topological polar surface area (TPSA) is 129 Å². The normalized spacial score (nSPS) is 28.4. The Kier molecular flexibility index (Phi) is 3.85. The number of fused-ring (bicyclic) bond motifs is 1. The number of imidazole rings is 1. The largest absolute Gasteiger partial charge is 0.476 e. The summed E-state index contributed by atoms with van der Waals surface area (Å²) in [7, 11) is 0. The maximum absolute atomic E-state index is 10.1. The van der Waals surface area contributed by atoms with Crippen LogP contribution in [0, 0.1) is 5.92 Å². The van der Waals surface area contributed by atoms with Crippen LogP contribution >= 0.6 is 0 Å². The summed E-state index contributed by atoms with van der Waals surface area (Å²) >= 11 is 0. The molecule has 4 atom stereocenters. The molecule has 2 aromatic rings. The molecule has 22 heavy (non-hydrogen) atoms. The third-order valence-corrected chi connectivity index (χ3v) is 3.83. The Bertz CT molecular complexity index is 676. The van der Waals surface area contributed by atoms with E-state index in [-0.39, 0.29) is 18.5 Å². The van der Waals surface area contributed by atoms with Crippen LogP contribution in [-0.4, -0.2) is 55.2 Å². The van der Waals surface area contributed by atoms with Crippen LogP contribution in [0.25, 0.3) is 11.2 Å². The maximum atomic E-state index is 10.1. The minimum atomic E-state index is -0.766. The van der Waals surface area contributed by atoms with Crippen molar-refractivity contribution in [1.82, 2.24) is 19.5 Å². The number of hydrogen-bond acceptors (Lipinski definition) is 8. The first-order valence-electron chi connectivity index (χ1n) is 7.14. The van der Waals surface area contributed by atoms with Gasteiger partial charge in [-0.2, -0.15) is 9.97 Å². The van der Waals surface area contributed by atoms with Crippen molar-refractivity contribution < 1.29 is 19.7 Å². The van der Waals surface area contributed by atoms with Gasteiger partial charge < -0.3 is 25.4 Å². The van der Waals surface area contributed by atoms with Gasteiger partial charge in [-0.05, 0) is 6.92 Å². The Morgan fingerprint density at radius 1 is 1.45 bits per heavy atom. The van der Waals surface area contributed by atoms with Crippen LogP contribution < -0.4 is 10.5 Å². The number of hydrogen-bond donors (Lipinski definition) is 3. The number of aromatic nitrogens is 4. The number of nitrogens with two attached hydrogens (primary N) is 1. The highest BCUT2D eigenvalue weighted by Gasteiger charge is 2.42. The van der Waals surface area contributed by atoms with Gasteiger partial charge in [-0.15, -0.1) is 0 Å². The van der Waals surface area contributed by atoms with E-state index >= 15 is 0 Å². The fourth-order valence-electron chi connectivity index (χ4n) is 2.69. The summed E-state index contributed by atoms with van der Waals surface area (Å²) in [5.41, 5.74) is 6.67. The number of ether oxygens (including phenoxy) is 2. The molecular formula is C13H19N5O4. The van der Waals surface area contributed by atoms with Crippen molar-refractivity contribution in [3.05, 3.63) is 6.33 Å². The minimum Gasteiger partial charge on any atom is -0.476 e. The Balaban J connectivity index is 2.05. The molecule has 0 saturated carbocycles. The van der Waals surface area contributed by atoms with E-state index in [1.165, 1.54) is 0 Å². The molecule has 9 heteroatoms. The van der Waals surface area contributed by atoms with Crippen LogP contribution in [0.3, 0.4) is 0 Å². The summed E-state index contributed by atoms with van der Waals surface area (Å²) in [5, 5.41) is 19.4. The number of aliphatic hydroxyl groups is 2. The second-order valence-corrected chi connectivity index (χ2v) is 5.24. The summed E-state index contributed by atoms with van der Waals surface area (Å²) in [6.07, 6.45) is -0.350. The van der Waals surface area contributed by atoms with E-state index in [9.17, 15) is 10.2 Å². The van der Waals surface area contributed by atoms with E-state index in [0.717, 1.165) is 0 Å². The summed E-state index contributed by atoms with van der Waals surface area (Å²) in [4.78, 5) is 12.5. The highest BCUT2D eigenvalue weighted by molar-refractivity contribution is 5.77. The number of aliphatic hydroxyl groups excluding tert-OH is 2. The second kappa shape index (κ2) is 5.67. The highest BCUT2D eigenvalue weighted by Crippen LogP contribution is 2.36. The van der Waals surface area contributed by atoms with E-state index in [2.05, 4.69) is 15.0 Å². The average molecular weight is 309 g/mol. The predicted octanol–water partition coefficient (Wildman–Crippen LogP) is -0.306. The molecule has 1 saturated heterocycles. The molecule has 1 aliphatic rings. The van der Waals surface area contributed by atoms with Gasteiger partial charge in [-0.25, -0.2) is 4.98 Å². The van der Waals surface area contributed by atoms with E-state index in [1.807, 2.05) is 13.8 Å². The molecule has 1 aliphatic heterocycles. The fraction of sp³-hybridized carbons (Fsp3) is 0.615. The lowest BCUT2D eigenvalue weighted by Crippen LogP contribution is -2.28. The lowest BCUT2D eigenvalue weighted by molar-refractivity contribution is -0.0447. The smallest absolute Gasteiger partial charge is 0.247 e. The van der Waals surface area contributed by atoms with Crippen LogP contribution in [0.4, 0.5) is 5.95 Å². The van der Waals surface area contributed by atoms with Gasteiger partial charge in [0, 0.05) is 5.92 Å². The van der Waals surface area contributed by atoms with Gasteiger partial charge in [0.25, 0.3) is 0 Å². The zero-order valence-corrected chi connectivity index (χ0v) is 12.4. The minimum absolute atomic E-state index is 0.0719. The quantitative estimate of drug-likeness (QED) is 0.701. The Labute approximate surface area is 126 Å². The third-order valence-electron chi connectivity index (χ3n) is 3.83. The van der Waals surface area contributed by atoms with Crippen LogP contribution in [0.15, 0.2) is 6.33 Å². The van der Waals surface area contributed by atoms with Gasteiger partial charge in [0.1, 0.15) is 12.3 Å². The van der Waals surface area contributed by atoms with Crippen LogP contribution in [0.5, 0.6) is 5.88 Å². The molecule has 4 N–H and O–H groups in total. The molecule has 120 valence electrons. The van der Waals surface area contributed by atoms with Crippen LogP contribution in [0.2, 0.25) is 0 Å². The van der Waals surface area contributed by atoms with Crippen molar-refractivity contribution in [1.29, 1.82) is 0 Å². The van der Waals surface area contributed by atoms with E-state index in [4.69, 9.17) is 15.2 Å². The first kappa shape index (κ1) is 14.9. The summed E-state index contributed by atoms with van der Waals surface area (Å²) in [6, 6.07) is 0. The van der Waals surface area contributed by atoms with Crippen molar-refractivity contribution in [2.75, 3.05) is 18.9 Å². The number of anilines is 1. The molecule has 2 unspecified atom stereocenters. The Hall–Kier alpha value is -1.97. The van der Waals surface area contributed by atoms with Crippen molar-refractivity contribution in [2.45, 2.75) is 32.3 Å². The van der Waals surface area contributed by atoms with E-state index in [1.54, 1.807) is 10.9 Å². The molecule has 0 amide bonds. The Morgan fingerprint density at radius 2 is 2.23 bits per heavy atom. The summed E-state index contributed by atoms with van der Waals surface area (Å²) < 4.78 is 12.8. The predicted molar refractivity (Wildman–Crippen MR) is 77.1 cm³/mol.